The van der Waals surface area contributed by atoms with E-state index in [4.69, 9.17) is 0 Å². The number of hydrogen-bond acceptors (Lipinski definition) is 3. The van der Waals surface area contributed by atoms with Gasteiger partial charge in [-0.3, -0.25) is 4.79 Å². The summed E-state index contributed by atoms with van der Waals surface area (Å²) >= 11 is 0. The molecule has 0 amide bonds. The van der Waals surface area contributed by atoms with Crippen molar-refractivity contribution in [1.29, 1.82) is 10.5 Å². The predicted octanol–water partition coefficient (Wildman–Crippen LogP) is 4.36. The van der Waals surface area contributed by atoms with Crippen LogP contribution in [0.15, 0.2) is 24.3 Å². The average Bonchev–Trinajstić information content (AvgIpc) is 3.29. The molecule has 5 aliphatic carbocycles. The van der Waals surface area contributed by atoms with Crippen molar-refractivity contribution < 1.29 is 9.18 Å². The van der Waals surface area contributed by atoms with Gasteiger partial charge in [-0.15, -0.1) is 0 Å². The summed E-state index contributed by atoms with van der Waals surface area (Å²) in [6.07, 6.45) is 6.42. The van der Waals surface area contributed by atoms with Crippen molar-refractivity contribution in [1.82, 2.24) is 0 Å². The summed E-state index contributed by atoms with van der Waals surface area (Å²) in [7, 11) is 0. The van der Waals surface area contributed by atoms with E-state index in [0.717, 1.165) is 19.3 Å². The van der Waals surface area contributed by atoms with Crippen LogP contribution in [-0.4, -0.2) is 5.78 Å². The van der Waals surface area contributed by atoms with E-state index in [9.17, 15) is 19.7 Å². The Hall–Kier alpha value is -2.20. The molecule has 5 fully saturated rings. The molecule has 0 spiro atoms. The maximum Gasteiger partial charge on any atom is 0.161 e. The highest BCUT2D eigenvalue weighted by molar-refractivity contribution is 5.94. The quantitative estimate of drug-likeness (QED) is 0.815. The number of carbonyl (C=O) groups excluding carboxylic acids is 1. The first-order valence-electron chi connectivity index (χ1n) is 9.64. The lowest BCUT2D eigenvalue weighted by Crippen LogP contribution is -2.50. The smallest absolute Gasteiger partial charge is 0.161 e. The number of nitrogens with zero attached hydrogens (tertiary/aromatic N) is 2. The number of hydrogen-bond donors (Lipinski definition) is 0. The van der Waals surface area contributed by atoms with Crippen LogP contribution >= 0.6 is 0 Å². The van der Waals surface area contributed by atoms with Crippen molar-refractivity contribution in [2.24, 2.45) is 34.5 Å². The summed E-state index contributed by atoms with van der Waals surface area (Å²) < 4.78 is 14.4. The second kappa shape index (κ2) is 5.17. The molecule has 4 heteroatoms. The molecule has 0 aromatic heterocycles. The van der Waals surface area contributed by atoms with Crippen molar-refractivity contribution in [2.75, 3.05) is 0 Å². The van der Waals surface area contributed by atoms with Crippen molar-refractivity contribution in [3.63, 3.8) is 0 Å². The zero-order valence-electron chi connectivity index (χ0n) is 14.6. The number of Topliss-reactive ketones (excluding diaryl/α,β-unsaturated/α-hetero) is 1. The number of halogens is 1. The molecular weight excluding hydrogens is 327 g/mol. The molecule has 6 rings (SSSR count). The minimum atomic E-state index is -1.40. The van der Waals surface area contributed by atoms with Gasteiger partial charge in [0.2, 0.25) is 0 Å². The monoisotopic (exact) mass is 348 g/mol. The topological polar surface area (TPSA) is 64.7 Å². The highest BCUT2D eigenvalue weighted by atomic mass is 19.1. The minimum absolute atomic E-state index is 0.0768. The van der Waals surface area contributed by atoms with E-state index in [1.165, 1.54) is 25.3 Å². The largest absolute Gasteiger partial charge is 0.299 e. The van der Waals surface area contributed by atoms with Gasteiger partial charge in [0.05, 0.1) is 18.1 Å². The summed E-state index contributed by atoms with van der Waals surface area (Å²) in [5.41, 5.74) is -1.42. The average molecular weight is 348 g/mol. The van der Waals surface area contributed by atoms with Crippen LogP contribution in [0.5, 0.6) is 0 Å². The normalized spacial score (nSPS) is 41.3. The first-order valence-corrected chi connectivity index (χ1v) is 9.64. The number of benzene rings is 1. The Kier molecular flexibility index (Phi) is 3.18. The fraction of sp³-hybridized carbons (Fsp3) is 0.591. The van der Waals surface area contributed by atoms with E-state index < -0.39 is 23.1 Å². The van der Waals surface area contributed by atoms with E-state index in [0.29, 0.717) is 23.3 Å². The van der Waals surface area contributed by atoms with Crippen molar-refractivity contribution in [2.45, 2.75) is 44.4 Å². The fourth-order valence-electron chi connectivity index (χ4n) is 6.94. The molecule has 26 heavy (non-hydrogen) atoms. The molecule has 0 aliphatic heterocycles. The Morgan fingerprint density at radius 2 is 1.54 bits per heavy atom. The van der Waals surface area contributed by atoms with Crippen molar-refractivity contribution in [3.8, 4) is 12.1 Å². The lowest BCUT2D eigenvalue weighted by molar-refractivity contribution is -0.145. The zero-order valence-corrected chi connectivity index (χ0v) is 14.6. The molecule has 1 aromatic rings. The van der Waals surface area contributed by atoms with Gasteiger partial charge in [-0.2, -0.15) is 10.5 Å². The highest BCUT2D eigenvalue weighted by Crippen LogP contribution is 2.70. The maximum atomic E-state index is 14.4. The van der Waals surface area contributed by atoms with E-state index >= 15 is 0 Å². The van der Waals surface area contributed by atoms with E-state index in [-0.39, 0.29) is 11.2 Å². The first kappa shape index (κ1) is 16.0. The van der Waals surface area contributed by atoms with Crippen LogP contribution < -0.4 is 0 Å². The van der Waals surface area contributed by atoms with Gasteiger partial charge in [-0.25, -0.2) is 4.39 Å². The van der Waals surface area contributed by atoms with Gasteiger partial charge in [0.25, 0.3) is 0 Å². The second-order valence-electron chi connectivity index (χ2n) is 9.13. The molecule has 132 valence electrons. The zero-order chi connectivity index (χ0) is 18.1. The third-order valence-corrected chi connectivity index (χ3v) is 7.66. The molecule has 4 bridgehead atoms. The molecule has 0 heterocycles. The van der Waals surface area contributed by atoms with E-state index in [1.54, 1.807) is 18.2 Å². The Labute approximate surface area is 152 Å². The van der Waals surface area contributed by atoms with Crippen molar-refractivity contribution >= 4 is 5.78 Å². The Morgan fingerprint density at radius 1 is 1.00 bits per heavy atom. The van der Waals surface area contributed by atoms with Gasteiger partial charge in [0.15, 0.2) is 5.41 Å². The summed E-state index contributed by atoms with van der Waals surface area (Å²) in [4.78, 5) is 13.7. The Balaban J connectivity index is 1.53. The van der Waals surface area contributed by atoms with Crippen LogP contribution in [0.4, 0.5) is 4.39 Å². The molecule has 1 aromatic carbocycles. The van der Waals surface area contributed by atoms with Crippen LogP contribution in [0.1, 0.15) is 50.0 Å². The van der Waals surface area contributed by atoms with Crippen LogP contribution in [-0.2, 0) is 4.79 Å². The van der Waals surface area contributed by atoms with Gasteiger partial charge in [0.1, 0.15) is 11.6 Å². The molecule has 0 saturated heterocycles. The van der Waals surface area contributed by atoms with Gasteiger partial charge in [-0.1, -0.05) is 18.2 Å². The van der Waals surface area contributed by atoms with Crippen LogP contribution in [0.25, 0.3) is 0 Å². The first-order chi connectivity index (χ1) is 12.5. The summed E-state index contributed by atoms with van der Waals surface area (Å²) in [5, 5.41) is 19.5. The van der Waals surface area contributed by atoms with Gasteiger partial charge in [0, 0.05) is 11.3 Å². The van der Waals surface area contributed by atoms with Crippen LogP contribution in [0.2, 0.25) is 0 Å². The van der Waals surface area contributed by atoms with Gasteiger partial charge >= 0.3 is 0 Å². The van der Waals surface area contributed by atoms with Crippen molar-refractivity contribution in [3.05, 3.63) is 35.6 Å². The molecule has 3 nitrogen and oxygen atoms in total. The Bertz CT molecular complexity index is 828. The van der Waals surface area contributed by atoms with E-state index in [2.05, 4.69) is 12.1 Å². The lowest BCUT2D eigenvalue weighted by Gasteiger charge is -2.56. The predicted molar refractivity (Wildman–Crippen MR) is 91.9 cm³/mol. The summed E-state index contributed by atoms with van der Waals surface area (Å²) in [6, 6.07) is 10.5. The highest BCUT2D eigenvalue weighted by Gasteiger charge is 2.74. The summed E-state index contributed by atoms with van der Waals surface area (Å²) in [6.45, 7) is 0. The van der Waals surface area contributed by atoms with Gasteiger partial charge in [-0.05, 0) is 67.9 Å². The van der Waals surface area contributed by atoms with Crippen LogP contribution in [0, 0.1) is 63.0 Å². The Morgan fingerprint density at radius 3 is 2.04 bits per heavy atom. The SMILES string of the molecule is N#CC1(C#N)[C@@H](C(=O)C23CC4CC(CC(C4)C2)C3)[C@@H]1c1ccccc1F. The third kappa shape index (κ3) is 1.94. The number of ketones is 1. The minimum Gasteiger partial charge on any atom is -0.299 e. The van der Waals surface area contributed by atoms with E-state index in [1.807, 2.05) is 0 Å². The standard InChI is InChI=1S/C22H21FN2O/c23-17-4-2-1-3-16(17)18-19(22(18,11-24)12-25)20(26)21-8-13-5-14(9-21)7-15(6-13)10-21/h1-4,13-15,18-19H,5-10H2/t13?,14?,15?,18-,19+,21?/m0/s1. The molecule has 2 atom stereocenters. The number of carbonyl (C=O) groups is 1. The molecular formula is C22H21FN2O. The van der Waals surface area contributed by atoms with Gasteiger partial charge < -0.3 is 0 Å². The summed E-state index contributed by atoms with van der Waals surface area (Å²) in [5.74, 6) is 0.212. The van der Waals surface area contributed by atoms with Crippen LogP contribution in [0.3, 0.4) is 0 Å². The molecule has 0 unspecified atom stereocenters. The molecule has 0 radical (unpaired) electrons. The third-order valence-electron chi connectivity index (χ3n) is 7.66. The maximum absolute atomic E-state index is 14.4. The fourth-order valence-corrected chi connectivity index (χ4v) is 6.94. The number of rotatable bonds is 3. The molecule has 0 N–H and O–H groups in total. The molecule has 5 saturated carbocycles. The molecule has 5 aliphatic rings. The number of nitriles is 2. The second-order valence-corrected chi connectivity index (χ2v) is 9.13. The lowest BCUT2D eigenvalue weighted by atomic mass is 9.48.